The smallest absolute Gasteiger partial charge is 0.414 e. The van der Waals surface area contributed by atoms with Crippen LogP contribution in [0.1, 0.15) is 26.7 Å². The lowest BCUT2D eigenvalue weighted by atomic mass is 10.0. The van der Waals surface area contributed by atoms with E-state index in [-0.39, 0.29) is 22.9 Å². The fourth-order valence-corrected chi connectivity index (χ4v) is 5.13. The lowest BCUT2D eigenvalue weighted by Gasteiger charge is -2.41. The summed E-state index contributed by atoms with van der Waals surface area (Å²) in [6.45, 7) is 4.83. The summed E-state index contributed by atoms with van der Waals surface area (Å²) < 4.78 is 37.5. The minimum absolute atomic E-state index is 0.111. The van der Waals surface area contributed by atoms with Crippen LogP contribution in [0, 0.1) is 0 Å². The van der Waals surface area contributed by atoms with E-state index < -0.39 is 16.1 Å². The Kier molecular flexibility index (Phi) is 6.92. The summed E-state index contributed by atoms with van der Waals surface area (Å²) in [5.41, 5.74) is 2.78. The number of hydrogen-bond donors (Lipinski definition) is 1. The van der Waals surface area contributed by atoms with Gasteiger partial charge in [0.1, 0.15) is 6.10 Å². The van der Waals surface area contributed by atoms with Gasteiger partial charge in [0.2, 0.25) is 15.9 Å². The van der Waals surface area contributed by atoms with Crippen LogP contribution in [0.5, 0.6) is 0 Å². The molecule has 2 amide bonds. The van der Waals surface area contributed by atoms with Crippen molar-refractivity contribution in [3.8, 4) is 11.1 Å². The highest BCUT2D eigenvalue weighted by atomic mass is 32.2. The first-order valence-electron chi connectivity index (χ1n) is 11.2. The quantitative estimate of drug-likeness (QED) is 0.710. The van der Waals surface area contributed by atoms with Crippen LogP contribution in [0.2, 0.25) is 0 Å². The summed E-state index contributed by atoms with van der Waals surface area (Å²) in [6, 6.07) is 11.8. The molecule has 4 rings (SSSR count). The molecule has 34 heavy (non-hydrogen) atoms. The average Bonchev–Trinajstić information content (AvgIpc) is 2.83. The van der Waals surface area contributed by atoms with Crippen molar-refractivity contribution in [1.82, 2.24) is 4.72 Å². The Morgan fingerprint density at radius 2 is 1.68 bits per heavy atom. The SMILES string of the molecule is CNS(=O)(=O)c1ccc(-c2ccc3c(c2)N(C(=O)OC2CCOCC2)C[C@H](C)N3C(C)=O)cc1. The fourth-order valence-electron chi connectivity index (χ4n) is 4.40. The van der Waals surface area contributed by atoms with Crippen LogP contribution in [0.3, 0.4) is 0 Å². The van der Waals surface area contributed by atoms with Gasteiger partial charge in [-0.2, -0.15) is 0 Å². The second kappa shape index (κ2) is 9.73. The molecule has 1 atom stereocenters. The van der Waals surface area contributed by atoms with Gasteiger partial charge >= 0.3 is 6.09 Å². The molecule has 0 unspecified atom stereocenters. The Hall–Kier alpha value is -2.95. The summed E-state index contributed by atoms with van der Waals surface area (Å²) in [5, 5.41) is 0. The Balaban J connectivity index is 1.70. The number of rotatable bonds is 4. The molecular formula is C24H29N3O6S. The zero-order valence-electron chi connectivity index (χ0n) is 19.5. The van der Waals surface area contributed by atoms with Crippen LogP contribution >= 0.6 is 0 Å². The maximum atomic E-state index is 13.2. The van der Waals surface area contributed by atoms with Crippen LogP contribution in [0.15, 0.2) is 47.4 Å². The second-order valence-corrected chi connectivity index (χ2v) is 10.4. The molecule has 0 radical (unpaired) electrons. The van der Waals surface area contributed by atoms with Crippen LogP contribution in [-0.4, -0.2) is 59.4 Å². The van der Waals surface area contributed by atoms with Gasteiger partial charge in [-0.05, 0) is 49.4 Å². The number of nitrogens with one attached hydrogen (secondary N) is 1. The van der Waals surface area contributed by atoms with Crippen molar-refractivity contribution in [2.24, 2.45) is 0 Å². The molecule has 10 heteroatoms. The van der Waals surface area contributed by atoms with Crippen LogP contribution < -0.4 is 14.5 Å². The molecule has 2 aromatic carbocycles. The molecule has 0 bridgehead atoms. The summed E-state index contributed by atoms with van der Waals surface area (Å²) in [6.07, 6.45) is 0.666. The van der Waals surface area contributed by atoms with E-state index in [0.717, 1.165) is 11.1 Å². The third-order valence-corrected chi connectivity index (χ3v) is 7.61. The molecule has 0 spiro atoms. The van der Waals surface area contributed by atoms with Crippen molar-refractivity contribution in [3.05, 3.63) is 42.5 Å². The first kappa shape index (κ1) is 24.2. The number of benzene rings is 2. The molecule has 2 heterocycles. The highest BCUT2D eigenvalue weighted by molar-refractivity contribution is 7.89. The van der Waals surface area contributed by atoms with E-state index in [4.69, 9.17) is 9.47 Å². The minimum Gasteiger partial charge on any atom is -0.446 e. The van der Waals surface area contributed by atoms with Crippen LogP contribution in [0.4, 0.5) is 16.2 Å². The molecule has 1 fully saturated rings. The third kappa shape index (κ3) is 4.79. The number of anilines is 2. The summed E-state index contributed by atoms with van der Waals surface area (Å²) in [5.74, 6) is -0.111. The van der Waals surface area contributed by atoms with Gasteiger partial charge in [-0.25, -0.2) is 17.9 Å². The molecule has 1 saturated heterocycles. The van der Waals surface area contributed by atoms with E-state index in [1.165, 1.54) is 26.1 Å². The first-order valence-corrected chi connectivity index (χ1v) is 12.7. The largest absolute Gasteiger partial charge is 0.446 e. The van der Waals surface area contributed by atoms with Crippen molar-refractivity contribution in [3.63, 3.8) is 0 Å². The molecule has 182 valence electrons. The lowest BCUT2D eigenvalue weighted by Crippen LogP contribution is -2.52. The van der Waals surface area contributed by atoms with Gasteiger partial charge in [0.15, 0.2) is 0 Å². The van der Waals surface area contributed by atoms with Crippen molar-refractivity contribution in [2.75, 3.05) is 36.6 Å². The number of amides is 2. The predicted octanol–water partition coefficient (Wildman–Crippen LogP) is 3.14. The Morgan fingerprint density at radius 3 is 2.29 bits per heavy atom. The molecular weight excluding hydrogens is 458 g/mol. The van der Waals surface area contributed by atoms with Gasteiger partial charge in [0, 0.05) is 26.3 Å². The van der Waals surface area contributed by atoms with Crippen molar-refractivity contribution >= 4 is 33.4 Å². The predicted molar refractivity (Wildman–Crippen MR) is 128 cm³/mol. The zero-order valence-corrected chi connectivity index (χ0v) is 20.3. The van der Waals surface area contributed by atoms with Gasteiger partial charge in [0.25, 0.3) is 0 Å². The Morgan fingerprint density at radius 1 is 1.03 bits per heavy atom. The van der Waals surface area contributed by atoms with Crippen molar-refractivity contribution < 1.29 is 27.5 Å². The summed E-state index contributed by atoms with van der Waals surface area (Å²) in [7, 11) is -2.18. The van der Waals surface area contributed by atoms with Gasteiger partial charge in [-0.1, -0.05) is 18.2 Å². The van der Waals surface area contributed by atoms with E-state index in [9.17, 15) is 18.0 Å². The van der Waals surface area contributed by atoms with Crippen LogP contribution in [0.25, 0.3) is 11.1 Å². The molecule has 2 aliphatic rings. The van der Waals surface area contributed by atoms with Gasteiger partial charge in [-0.15, -0.1) is 0 Å². The normalized spacial score (nSPS) is 19.0. The standard InChI is InChI=1S/C24H29N3O6S/c1-16-15-26(24(29)33-20-10-12-32-13-11-20)23-14-19(6-9-22(23)27(16)17(2)28)18-4-7-21(8-5-18)34(30,31)25-3/h4-9,14,16,20,25H,10-13,15H2,1-3H3/t16-/m0/s1. The number of carbonyl (C=O) groups excluding carboxylic acids is 2. The van der Waals surface area contributed by atoms with E-state index in [1.807, 2.05) is 25.1 Å². The molecule has 2 aromatic rings. The Labute approximate surface area is 199 Å². The van der Waals surface area contributed by atoms with E-state index in [1.54, 1.807) is 21.9 Å². The number of hydrogen-bond acceptors (Lipinski definition) is 6. The van der Waals surface area contributed by atoms with Gasteiger partial charge in [0.05, 0.1) is 35.5 Å². The second-order valence-electron chi connectivity index (χ2n) is 8.48. The molecule has 9 nitrogen and oxygen atoms in total. The monoisotopic (exact) mass is 487 g/mol. The van der Waals surface area contributed by atoms with Crippen molar-refractivity contribution in [2.45, 2.75) is 43.7 Å². The maximum Gasteiger partial charge on any atom is 0.414 e. The third-order valence-electron chi connectivity index (χ3n) is 6.18. The molecule has 0 saturated carbocycles. The highest BCUT2D eigenvalue weighted by Crippen LogP contribution is 2.39. The van der Waals surface area contributed by atoms with E-state index in [2.05, 4.69) is 4.72 Å². The van der Waals surface area contributed by atoms with Gasteiger partial charge in [-0.3, -0.25) is 9.69 Å². The number of nitrogens with zero attached hydrogens (tertiary/aromatic N) is 2. The fraction of sp³-hybridized carbons (Fsp3) is 0.417. The Bertz CT molecular complexity index is 1180. The first-order chi connectivity index (χ1) is 16.2. The lowest BCUT2D eigenvalue weighted by molar-refractivity contribution is -0.117. The number of ether oxygens (including phenoxy) is 2. The number of carbonyl (C=O) groups is 2. The zero-order chi connectivity index (χ0) is 24.5. The van der Waals surface area contributed by atoms with Crippen molar-refractivity contribution in [1.29, 1.82) is 0 Å². The van der Waals surface area contributed by atoms with Gasteiger partial charge < -0.3 is 14.4 Å². The molecule has 1 N–H and O–H groups in total. The summed E-state index contributed by atoms with van der Waals surface area (Å²) >= 11 is 0. The molecule has 0 aliphatic carbocycles. The highest BCUT2D eigenvalue weighted by Gasteiger charge is 2.35. The van der Waals surface area contributed by atoms with E-state index in [0.29, 0.717) is 44.0 Å². The summed E-state index contributed by atoms with van der Waals surface area (Å²) in [4.78, 5) is 29.0. The number of fused-ring (bicyclic) bond motifs is 1. The topological polar surface area (TPSA) is 105 Å². The molecule has 0 aromatic heterocycles. The number of sulfonamides is 1. The minimum atomic E-state index is -3.54. The average molecular weight is 488 g/mol. The molecule has 2 aliphatic heterocycles. The maximum absolute atomic E-state index is 13.2. The van der Waals surface area contributed by atoms with E-state index >= 15 is 0 Å². The van der Waals surface area contributed by atoms with Crippen LogP contribution in [-0.2, 0) is 24.3 Å².